The summed E-state index contributed by atoms with van der Waals surface area (Å²) in [5.41, 5.74) is 9.20. The fourth-order valence-corrected chi connectivity index (χ4v) is 9.91. The zero-order valence-electron chi connectivity index (χ0n) is 39.8. The third kappa shape index (κ3) is 13.4. The maximum atomic E-state index is 14.1. The predicted octanol–water partition coefficient (Wildman–Crippen LogP) is 7.52. The highest BCUT2D eigenvalue weighted by molar-refractivity contribution is 7.13. The number of amides is 4. The molecular weight excluding hydrogens is 912 g/mol. The van der Waals surface area contributed by atoms with Gasteiger partial charge in [-0.1, -0.05) is 99.6 Å². The molecule has 0 radical (unpaired) electrons. The SMILES string of the molecule is Cc1ncsc1-c1ccc(CNC(=O)C2CC(O)CN2C(=O)C(NC(=O)CCC(=O)N2CCN(CCOc3ccc(C(=C(CCCl)c4ccccc4)c4ccc(O)cc4)cc3)CC2)C(C)(C)C)cc1. The number of phenolic OH excluding ortho intramolecular Hbond substituents is 1. The molecular formula is C54H63ClN6O7S. The summed E-state index contributed by atoms with van der Waals surface area (Å²) in [4.78, 5) is 65.1. The number of aromatic hydroxyl groups is 1. The lowest BCUT2D eigenvalue weighted by Gasteiger charge is -2.36. The van der Waals surface area contributed by atoms with Gasteiger partial charge in [0.2, 0.25) is 23.6 Å². The van der Waals surface area contributed by atoms with Crippen molar-refractivity contribution in [1.29, 1.82) is 0 Å². The summed E-state index contributed by atoms with van der Waals surface area (Å²) in [5.74, 6) is 0.00693. The van der Waals surface area contributed by atoms with Gasteiger partial charge >= 0.3 is 0 Å². The van der Waals surface area contributed by atoms with Crippen molar-refractivity contribution in [3.63, 3.8) is 0 Å². The Morgan fingerprint density at radius 1 is 0.855 bits per heavy atom. The first-order valence-corrected chi connectivity index (χ1v) is 25.0. The van der Waals surface area contributed by atoms with Crippen LogP contribution in [0.5, 0.6) is 11.5 Å². The van der Waals surface area contributed by atoms with E-state index in [2.05, 4.69) is 32.7 Å². The number of β-amino-alcohol motifs (C(OH)–C–C–N with tert-alkyl or cyclic N) is 1. The molecule has 0 saturated carbocycles. The lowest BCUT2D eigenvalue weighted by Crippen LogP contribution is -2.57. The molecule has 5 aromatic rings. The Morgan fingerprint density at radius 2 is 1.52 bits per heavy atom. The van der Waals surface area contributed by atoms with Crippen LogP contribution in [-0.4, -0.2) is 123 Å². The number of hydrogen-bond donors (Lipinski definition) is 4. The molecule has 4 amide bonds. The highest BCUT2D eigenvalue weighted by Gasteiger charge is 2.44. The Bertz CT molecular complexity index is 2550. The number of benzene rings is 4. The fraction of sp³-hybridized carbons (Fsp3) is 0.389. The number of nitrogens with zero attached hydrogens (tertiary/aromatic N) is 4. The maximum Gasteiger partial charge on any atom is 0.246 e. The minimum atomic E-state index is -0.986. The summed E-state index contributed by atoms with van der Waals surface area (Å²) >= 11 is 7.89. The Balaban J connectivity index is 0.858. The van der Waals surface area contributed by atoms with Gasteiger partial charge in [0.05, 0.1) is 22.2 Å². The molecule has 69 heavy (non-hydrogen) atoms. The van der Waals surface area contributed by atoms with Crippen LogP contribution in [-0.2, 0) is 25.7 Å². The molecule has 4 aromatic carbocycles. The molecule has 0 spiro atoms. The number of carbonyl (C=O) groups is 4. The number of ether oxygens (including phenoxy) is 1. The lowest BCUT2D eigenvalue weighted by molar-refractivity contribution is -0.144. The Hall–Kier alpha value is -6.06. The molecule has 2 fully saturated rings. The minimum Gasteiger partial charge on any atom is -0.508 e. The van der Waals surface area contributed by atoms with Gasteiger partial charge in [0.25, 0.3) is 0 Å². The molecule has 2 saturated heterocycles. The van der Waals surface area contributed by atoms with Gasteiger partial charge in [-0.3, -0.25) is 24.1 Å². The van der Waals surface area contributed by atoms with Crippen LogP contribution in [0.4, 0.5) is 0 Å². The Kier molecular flexibility index (Phi) is 17.3. The van der Waals surface area contributed by atoms with E-state index in [-0.39, 0.29) is 49.9 Å². The van der Waals surface area contributed by atoms with Crippen molar-refractivity contribution in [2.24, 2.45) is 5.41 Å². The van der Waals surface area contributed by atoms with Crippen LogP contribution >= 0.6 is 22.9 Å². The average molecular weight is 976 g/mol. The van der Waals surface area contributed by atoms with Crippen LogP contribution in [0.25, 0.3) is 21.6 Å². The molecule has 15 heteroatoms. The summed E-state index contributed by atoms with van der Waals surface area (Å²) in [6.07, 6.45) is -0.229. The topological polar surface area (TPSA) is 165 Å². The fourth-order valence-electron chi connectivity index (χ4n) is 8.91. The Labute approximate surface area is 414 Å². The molecule has 13 nitrogen and oxygen atoms in total. The number of rotatable bonds is 18. The van der Waals surface area contributed by atoms with E-state index in [1.165, 1.54) is 4.90 Å². The molecule has 4 N–H and O–H groups in total. The molecule has 3 atom stereocenters. The van der Waals surface area contributed by atoms with E-state index in [0.717, 1.165) is 55.3 Å². The molecule has 2 aliphatic heterocycles. The van der Waals surface area contributed by atoms with Crippen LogP contribution in [0.3, 0.4) is 0 Å². The lowest BCUT2D eigenvalue weighted by atomic mass is 9.85. The third-order valence-corrected chi connectivity index (χ3v) is 13.9. The number of aliphatic hydroxyl groups is 1. The van der Waals surface area contributed by atoms with Crippen LogP contribution in [0, 0.1) is 12.3 Å². The van der Waals surface area contributed by atoms with Crippen molar-refractivity contribution in [2.75, 3.05) is 51.8 Å². The molecule has 1 aromatic heterocycles. The summed E-state index contributed by atoms with van der Waals surface area (Å²) < 4.78 is 6.17. The largest absolute Gasteiger partial charge is 0.508 e. The smallest absolute Gasteiger partial charge is 0.246 e. The number of aliphatic hydroxyl groups excluding tert-OH is 1. The first-order valence-electron chi connectivity index (χ1n) is 23.6. The minimum absolute atomic E-state index is 0.00335. The van der Waals surface area contributed by atoms with Gasteiger partial charge in [-0.05, 0) is 82.0 Å². The highest BCUT2D eigenvalue weighted by Crippen LogP contribution is 2.36. The van der Waals surface area contributed by atoms with E-state index >= 15 is 0 Å². The molecule has 3 unspecified atom stereocenters. The van der Waals surface area contributed by atoms with Crippen LogP contribution < -0.4 is 15.4 Å². The van der Waals surface area contributed by atoms with Crippen molar-refractivity contribution < 1.29 is 34.1 Å². The van der Waals surface area contributed by atoms with Crippen molar-refractivity contribution in [2.45, 2.75) is 78.1 Å². The van der Waals surface area contributed by atoms with Crippen LogP contribution in [0.15, 0.2) is 109 Å². The first-order chi connectivity index (χ1) is 33.2. The number of likely N-dealkylation sites (tertiary alicyclic amines) is 1. The van der Waals surface area contributed by atoms with Crippen molar-refractivity contribution in [3.8, 4) is 21.9 Å². The van der Waals surface area contributed by atoms with Gasteiger partial charge in [0.1, 0.15) is 30.2 Å². The second-order valence-electron chi connectivity index (χ2n) is 18.7. The highest BCUT2D eigenvalue weighted by atomic mass is 35.5. The number of aryl methyl sites for hydroxylation is 1. The molecule has 7 rings (SSSR count). The van der Waals surface area contributed by atoms with E-state index in [1.807, 2.05) is 112 Å². The summed E-state index contributed by atoms with van der Waals surface area (Å²) in [7, 11) is 0. The van der Waals surface area contributed by atoms with Crippen molar-refractivity contribution >= 4 is 57.7 Å². The number of aromatic nitrogens is 1. The molecule has 2 aliphatic rings. The van der Waals surface area contributed by atoms with Gasteiger partial charge < -0.3 is 35.4 Å². The second-order valence-corrected chi connectivity index (χ2v) is 20.0. The summed E-state index contributed by atoms with van der Waals surface area (Å²) in [6.45, 7) is 11.2. The van der Waals surface area contributed by atoms with E-state index in [9.17, 15) is 29.4 Å². The molecule has 364 valence electrons. The average Bonchev–Trinajstić information content (AvgIpc) is 3.97. The number of nitrogens with one attached hydrogen (secondary N) is 2. The van der Waals surface area contributed by atoms with Crippen molar-refractivity contribution in [1.82, 2.24) is 30.3 Å². The van der Waals surface area contributed by atoms with Crippen LogP contribution in [0.2, 0.25) is 0 Å². The standard InChI is InChI=1S/C54H63ClN6O7S/c1-36-50(69-35-57-36)41-12-10-37(11-13-41)33-56-52(66)46-32-43(63)34-61(46)53(67)51(54(2,3)4)58-47(64)22-23-48(65)60-28-26-59(27-29-60)30-31-68-44-20-16-40(17-21-44)49(39-14-18-42(62)19-15-39)45(24-25-55)38-8-6-5-7-9-38/h5-21,35,43,46,51,62-63H,22-34H2,1-4H3,(H,56,66)(H,58,64). The number of halogens is 1. The number of thiazole rings is 1. The Morgan fingerprint density at radius 3 is 2.14 bits per heavy atom. The van der Waals surface area contributed by atoms with Gasteiger partial charge in [-0.25, -0.2) is 4.98 Å². The maximum absolute atomic E-state index is 14.1. The van der Waals surface area contributed by atoms with Gasteiger partial charge in [0, 0.05) is 71.0 Å². The molecule has 0 bridgehead atoms. The zero-order valence-corrected chi connectivity index (χ0v) is 41.4. The normalized spacial score (nSPS) is 17.2. The number of allylic oxidation sites excluding steroid dienone is 1. The van der Waals surface area contributed by atoms with E-state index in [1.54, 1.807) is 28.4 Å². The van der Waals surface area contributed by atoms with E-state index in [0.29, 0.717) is 51.6 Å². The number of piperazine rings is 1. The molecule has 3 heterocycles. The zero-order chi connectivity index (χ0) is 49.1. The second kappa shape index (κ2) is 23.5. The number of hydrogen-bond acceptors (Lipinski definition) is 10. The monoisotopic (exact) mass is 974 g/mol. The number of alkyl halides is 1. The predicted molar refractivity (Wildman–Crippen MR) is 272 cm³/mol. The van der Waals surface area contributed by atoms with Gasteiger partial charge in [0.15, 0.2) is 0 Å². The van der Waals surface area contributed by atoms with Gasteiger partial charge in [-0.15, -0.1) is 22.9 Å². The number of phenols is 1. The van der Waals surface area contributed by atoms with Crippen molar-refractivity contribution in [3.05, 3.63) is 137 Å². The third-order valence-electron chi connectivity index (χ3n) is 12.7. The van der Waals surface area contributed by atoms with Crippen LogP contribution in [0.1, 0.15) is 74.4 Å². The summed E-state index contributed by atoms with van der Waals surface area (Å²) in [6, 6.07) is 31.4. The molecule has 0 aliphatic carbocycles. The number of carbonyl (C=O) groups excluding carboxylic acids is 4. The first kappa shape index (κ1) is 50.8. The van der Waals surface area contributed by atoms with E-state index < -0.39 is 35.4 Å². The quantitative estimate of drug-likeness (QED) is 0.0514. The van der Waals surface area contributed by atoms with E-state index in [4.69, 9.17) is 16.3 Å². The van der Waals surface area contributed by atoms with Gasteiger partial charge in [-0.2, -0.15) is 0 Å². The summed E-state index contributed by atoms with van der Waals surface area (Å²) in [5, 5.41) is 26.4.